The van der Waals surface area contributed by atoms with E-state index in [4.69, 9.17) is 28.7 Å². The number of aromatic nitrogens is 1. The lowest BCUT2D eigenvalue weighted by molar-refractivity contribution is 0.259. The van der Waals surface area contributed by atoms with Gasteiger partial charge >= 0.3 is 0 Å². The van der Waals surface area contributed by atoms with E-state index in [9.17, 15) is 0 Å². The predicted octanol–water partition coefficient (Wildman–Crippen LogP) is 6.38. The van der Waals surface area contributed by atoms with Crippen LogP contribution in [-0.4, -0.2) is 95.0 Å². The van der Waals surface area contributed by atoms with Crippen LogP contribution in [0.1, 0.15) is 42.5 Å². The van der Waals surface area contributed by atoms with Crippen LogP contribution in [-0.2, 0) is 13.0 Å². The van der Waals surface area contributed by atoms with Crippen LogP contribution in [0.3, 0.4) is 0 Å². The molecule has 47 heavy (non-hydrogen) atoms. The molecule has 0 saturated carbocycles. The number of aryl methyl sites for hydroxylation is 1. The average Bonchev–Trinajstić information content (AvgIpc) is 3.32. The average molecular weight is 643 g/mol. The molecule has 5 rings (SSSR count). The Bertz CT molecular complexity index is 1530. The molecule has 0 amide bonds. The van der Waals surface area contributed by atoms with Crippen molar-refractivity contribution in [1.82, 2.24) is 19.7 Å². The summed E-state index contributed by atoms with van der Waals surface area (Å²) in [5.74, 6) is 3.50. The second-order valence-electron chi connectivity index (χ2n) is 12.2. The summed E-state index contributed by atoms with van der Waals surface area (Å²) in [5, 5.41) is 0. The molecule has 1 atom stereocenters. The van der Waals surface area contributed by atoms with Crippen LogP contribution in [0.5, 0.6) is 28.7 Å². The Balaban J connectivity index is 1.17. The quantitative estimate of drug-likeness (QED) is 0.211. The van der Waals surface area contributed by atoms with Crippen molar-refractivity contribution in [3.63, 3.8) is 0 Å². The minimum atomic E-state index is 0.0808. The number of likely N-dealkylation sites (N-methyl/N-ethyl adjacent to an activating group) is 1. The van der Waals surface area contributed by atoms with Gasteiger partial charge in [-0.2, -0.15) is 0 Å². The minimum Gasteiger partial charge on any atom is -0.493 e. The molecule has 0 bridgehead atoms. The monoisotopic (exact) mass is 642 g/mol. The van der Waals surface area contributed by atoms with E-state index >= 15 is 0 Å². The number of hydrogen-bond acceptors (Lipinski definition) is 9. The first-order chi connectivity index (χ1) is 22.9. The molecule has 252 valence electrons. The van der Waals surface area contributed by atoms with Gasteiger partial charge in [0.1, 0.15) is 0 Å². The maximum atomic E-state index is 5.65. The summed E-state index contributed by atoms with van der Waals surface area (Å²) in [5.41, 5.74) is 6.77. The van der Waals surface area contributed by atoms with Gasteiger partial charge in [0.25, 0.3) is 0 Å². The Labute approximate surface area is 280 Å². The number of hydrogen-bond donors (Lipinski definition) is 0. The van der Waals surface area contributed by atoms with E-state index in [-0.39, 0.29) is 6.04 Å². The zero-order chi connectivity index (χ0) is 33.3. The first kappa shape index (κ1) is 34.1. The first-order valence-electron chi connectivity index (χ1n) is 16.5. The number of ether oxygens (including phenoxy) is 5. The van der Waals surface area contributed by atoms with Gasteiger partial charge in [-0.25, -0.2) is 0 Å². The van der Waals surface area contributed by atoms with Crippen molar-refractivity contribution in [2.45, 2.75) is 38.8 Å². The molecule has 0 N–H and O–H groups in total. The summed E-state index contributed by atoms with van der Waals surface area (Å²) >= 11 is 0. The van der Waals surface area contributed by atoms with E-state index in [0.29, 0.717) is 17.2 Å². The molecule has 9 heteroatoms. The molecule has 1 aromatic heterocycles. The van der Waals surface area contributed by atoms with Crippen molar-refractivity contribution in [3.8, 4) is 40.0 Å². The lowest BCUT2D eigenvalue weighted by atomic mass is 10.00. The lowest BCUT2D eigenvalue weighted by Crippen LogP contribution is -2.32. The van der Waals surface area contributed by atoms with E-state index in [0.717, 1.165) is 92.4 Å². The Morgan fingerprint density at radius 3 is 2.00 bits per heavy atom. The molecular formula is C38H50N4O5. The highest BCUT2D eigenvalue weighted by molar-refractivity contribution is 5.66. The normalized spacial score (nSPS) is 17.2. The molecule has 1 fully saturated rings. The van der Waals surface area contributed by atoms with Gasteiger partial charge in [0.15, 0.2) is 23.0 Å². The largest absolute Gasteiger partial charge is 0.493 e. The van der Waals surface area contributed by atoms with Gasteiger partial charge in [-0.1, -0.05) is 31.6 Å². The molecule has 2 aliphatic rings. The van der Waals surface area contributed by atoms with Gasteiger partial charge in [-0.3, -0.25) is 14.8 Å². The van der Waals surface area contributed by atoms with Crippen LogP contribution < -0.4 is 23.7 Å². The molecular weight excluding hydrogens is 592 g/mol. The predicted molar refractivity (Wildman–Crippen MR) is 187 cm³/mol. The van der Waals surface area contributed by atoms with Crippen molar-refractivity contribution in [1.29, 1.82) is 0 Å². The third-order valence-electron chi connectivity index (χ3n) is 9.02. The zero-order valence-corrected chi connectivity index (χ0v) is 29.0. The number of benzene rings is 2. The fourth-order valence-electron chi connectivity index (χ4n) is 6.64. The summed E-state index contributed by atoms with van der Waals surface area (Å²) in [6.07, 6.45) is 11.9. The molecule has 3 aromatic rings. The van der Waals surface area contributed by atoms with Crippen molar-refractivity contribution in [3.05, 3.63) is 83.2 Å². The topological polar surface area (TPSA) is 68.8 Å². The Hall–Kier alpha value is -4.21. The van der Waals surface area contributed by atoms with Gasteiger partial charge in [0.05, 0.1) is 47.3 Å². The van der Waals surface area contributed by atoms with Crippen LogP contribution in [0.4, 0.5) is 0 Å². The summed E-state index contributed by atoms with van der Waals surface area (Å²) < 4.78 is 28.0. The standard InChI is InChI=1S/C38H50N4O5/c1-8-10-29-19-30(20-34(43-3)37(29)46-6)32-13-11-27(23-39-32)25-41-15-9-16-42(18-17-41)26-28-12-14-33(40(2)24-28)31-21-35(44-4)38(47-7)36(22-31)45-5/h11-14,19-24,33H,8-10,15-18,25-26H2,1-7H3. The van der Waals surface area contributed by atoms with Gasteiger partial charge in [-0.15, -0.1) is 0 Å². The van der Waals surface area contributed by atoms with E-state index in [1.54, 1.807) is 35.5 Å². The number of nitrogens with zero attached hydrogens (tertiary/aromatic N) is 4. The fourth-order valence-corrected chi connectivity index (χ4v) is 6.64. The van der Waals surface area contributed by atoms with Gasteiger partial charge in [0.2, 0.25) is 5.75 Å². The maximum Gasteiger partial charge on any atom is 0.203 e. The molecule has 2 aliphatic heterocycles. The highest BCUT2D eigenvalue weighted by Crippen LogP contribution is 2.41. The molecule has 3 heterocycles. The highest BCUT2D eigenvalue weighted by Gasteiger charge is 2.23. The Kier molecular flexibility index (Phi) is 11.7. The minimum absolute atomic E-state index is 0.0808. The van der Waals surface area contributed by atoms with Crippen molar-refractivity contribution >= 4 is 0 Å². The van der Waals surface area contributed by atoms with Gasteiger partial charge < -0.3 is 28.6 Å². The van der Waals surface area contributed by atoms with E-state index < -0.39 is 0 Å². The van der Waals surface area contributed by atoms with E-state index in [1.807, 2.05) is 24.4 Å². The molecule has 1 saturated heterocycles. The Morgan fingerprint density at radius 2 is 1.43 bits per heavy atom. The van der Waals surface area contributed by atoms with Gasteiger partial charge in [0, 0.05) is 51.2 Å². The van der Waals surface area contributed by atoms with E-state index in [2.05, 4.69) is 65.2 Å². The lowest BCUT2D eigenvalue weighted by Gasteiger charge is -2.31. The molecule has 1 unspecified atom stereocenters. The van der Waals surface area contributed by atoms with Crippen LogP contribution in [0.25, 0.3) is 11.3 Å². The third kappa shape index (κ3) is 8.03. The zero-order valence-electron chi connectivity index (χ0n) is 29.0. The second kappa shape index (κ2) is 16.1. The van der Waals surface area contributed by atoms with Crippen molar-refractivity contribution in [2.75, 3.05) is 75.3 Å². The SMILES string of the molecule is CCCc1cc(-c2ccc(CN3CCCN(CC4=CN(C)C(c5cc(OC)c(OC)c(OC)c5)C=C4)CC3)cn2)cc(OC)c1OC. The molecule has 0 radical (unpaired) electrons. The van der Waals surface area contributed by atoms with Crippen LogP contribution in [0.15, 0.2) is 66.5 Å². The third-order valence-corrected chi connectivity index (χ3v) is 9.02. The summed E-state index contributed by atoms with van der Waals surface area (Å²) in [6, 6.07) is 12.7. The Morgan fingerprint density at radius 1 is 0.766 bits per heavy atom. The molecule has 9 nitrogen and oxygen atoms in total. The summed E-state index contributed by atoms with van der Waals surface area (Å²) in [7, 11) is 10.4. The fraction of sp³-hybridized carbons (Fsp3) is 0.447. The number of pyridine rings is 1. The van der Waals surface area contributed by atoms with Crippen LogP contribution in [0.2, 0.25) is 0 Å². The van der Waals surface area contributed by atoms with Crippen LogP contribution >= 0.6 is 0 Å². The molecule has 2 aromatic carbocycles. The van der Waals surface area contributed by atoms with Crippen molar-refractivity contribution < 1.29 is 23.7 Å². The van der Waals surface area contributed by atoms with Crippen molar-refractivity contribution in [2.24, 2.45) is 0 Å². The molecule has 0 spiro atoms. The highest BCUT2D eigenvalue weighted by atomic mass is 16.5. The maximum absolute atomic E-state index is 5.65. The summed E-state index contributed by atoms with van der Waals surface area (Å²) in [4.78, 5) is 12.2. The van der Waals surface area contributed by atoms with Gasteiger partial charge in [-0.05, 0) is 78.5 Å². The smallest absolute Gasteiger partial charge is 0.203 e. The number of rotatable bonds is 13. The summed E-state index contributed by atoms with van der Waals surface area (Å²) in [6.45, 7) is 8.21. The second-order valence-corrected chi connectivity index (χ2v) is 12.2. The molecule has 0 aliphatic carbocycles. The number of methoxy groups -OCH3 is 5. The van der Waals surface area contributed by atoms with E-state index in [1.165, 1.54) is 11.1 Å². The first-order valence-corrected chi connectivity index (χ1v) is 16.5. The van der Waals surface area contributed by atoms with Crippen LogP contribution in [0, 0.1) is 0 Å².